The van der Waals surface area contributed by atoms with Gasteiger partial charge in [-0.2, -0.15) is 0 Å². The summed E-state index contributed by atoms with van der Waals surface area (Å²) in [7, 11) is 1.77. The van der Waals surface area contributed by atoms with Crippen molar-refractivity contribution in [2.45, 2.75) is 32.3 Å². The Morgan fingerprint density at radius 1 is 1.25 bits per heavy atom. The molecule has 1 saturated heterocycles. The van der Waals surface area contributed by atoms with Crippen LogP contribution in [-0.2, 0) is 11.2 Å². The van der Waals surface area contributed by atoms with E-state index in [9.17, 15) is 0 Å². The Kier molecular flexibility index (Phi) is 10.4. The normalized spacial score (nSPS) is 20.2. The molecular weight excluding hydrogens is 467 g/mol. The minimum absolute atomic E-state index is 0. The van der Waals surface area contributed by atoms with Crippen LogP contribution in [0, 0.1) is 5.92 Å². The van der Waals surface area contributed by atoms with Crippen LogP contribution in [0.25, 0.3) is 0 Å². The summed E-state index contributed by atoms with van der Waals surface area (Å²) in [5.41, 5.74) is 1.30. The molecule has 1 aromatic carbocycles. The lowest BCUT2D eigenvalue weighted by Crippen LogP contribution is -2.43. The third-order valence-electron chi connectivity index (χ3n) is 5.38. The van der Waals surface area contributed by atoms with Crippen molar-refractivity contribution in [3.63, 3.8) is 0 Å². The first kappa shape index (κ1) is 23.2. The number of rotatable bonds is 8. The van der Waals surface area contributed by atoms with Crippen LogP contribution < -0.4 is 15.4 Å². The van der Waals surface area contributed by atoms with Gasteiger partial charge in [0, 0.05) is 33.2 Å². The lowest BCUT2D eigenvalue weighted by atomic mass is 9.97. The SMILES string of the molecule is CCNC(=NCC1CCN(CCOC)CC1)NCC1Cc2ccccc2O1.I. The Hall–Kier alpha value is -1.06. The average Bonchev–Trinajstić information content (AvgIpc) is 3.12. The standard InChI is InChI=1S/C21H34N4O2.HI/c1-3-22-21(23-15-17-8-10-25(11-9-17)12-13-26-2)24-16-19-14-18-6-4-5-7-20(18)27-19;/h4-7,17,19H,3,8-16H2,1-2H3,(H2,22,23,24);1H. The van der Waals surface area contributed by atoms with Crippen molar-refractivity contribution < 1.29 is 9.47 Å². The minimum Gasteiger partial charge on any atom is -0.488 e. The first-order valence-electron chi connectivity index (χ1n) is 10.3. The van der Waals surface area contributed by atoms with Gasteiger partial charge in [-0.1, -0.05) is 18.2 Å². The number of aliphatic imine (C=N–C) groups is 1. The zero-order valence-corrected chi connectivity index (χ0v) is 19.5. The van der Waals surface area contributed by atoms with Crippen LogP contribution >= 0.6 is 24.0 Å². The van der Waals surface area contributed by atoms with Gasteiger partial charge >= 0.3 is 0 Å². The van der Waals surface area contributed by atoms with Crippen LogP contribution in [0.4, 0.5) is 0 Å². The molecule has 158 valence electrons. The second-order valence-electron chi connectivity index (χ2n) is 7.43. The molecule has 1 unspecified atom stereocenters. The number of nitrogens with one attached hydrogen (secondary N) is 2. The third-order valence-corrected chi connectivity index (χ3v) is 5.38. The predicted molar refractivity (Wildman–Crippen MR) is 125 cm³/mol. The minimum atomic E-state index is 0. The summed E-state index contributed by atoms with van der Waals surface area (Å²) in [6, 6.07) is 8.30. The highest BCUT2D eigenvalue weighted by Gasteiger charge is 2.22. The topological polar surface area (TPSA) is 58.1 Å². The van der Waals surface area contributed by atoms with Crippen LogP contribution in [0.3, 0.4) is 0 Å². The Labute approximate surface area is 186 Å². The summed E-state index contributed by atoms with van der Waals surface area (Å²) in [5, 5.41) is 6.82. The van der Waals surface area contributed by atoms with Gasteiger partial charge in [0.05, 0.1) is 13.2 Å². The highest BCUT2D eigenvalue weighted by molar-refractivity contribution is 14.0. The zero-order valence-electron chi connectivity index (χ0n) is 17.2. The maximum Gasteiger partial charge on any atom is 0.191 e. The van der Waals surface area contributed by atoms with E-state index in [1.807, 2.05) is 12.1 Å². The van der Waals surface area contributed by atoms with E-state index in [-0.39, 0.29) is 30.1 Å². The molecule has 1 atom stereocenters. The van der Waals surface area contributed by atoms with Gasteiger partial charge in [-0.05, 0) is 50.4 Å². The molecule has 28 heavy (non-hydrogen) atoms. The van der Waals surface area contributed by atoms with Crippen molar-refractivity contribution in [3.05, 3.63) is 29.8 Å². The van der Waals surface area contributed by atoms with E-state index in [1.165, 1.54) is 18.4 Å². The van der Waals surface area contributed by atoms with Crippen molar-refractivity contribution >= 4 is 29.9 Å². The molecule has 7 heteroatoms. The molecule has 1 aromatic rings. The van der Waals surface area contributed by atoms with Gasteiger partial charge < -0.3 is 25.0 Å². The summed E-state index contributed by atoms with van der Waals surface area (Å²) < 4.78 is 11.2. The Bertz CT molecular complexity index is 581. The lowest BCUT2D eigenvalue weighted by Gasteiger charge is -2.31. The second-order valence-corrected chi connectivity index (χ2v) is 7.43. The molecule has 0 radical (unpaired) electrons. The van der Waals surface area contributed by atoms with E-state index in [0.29, 0.717) is 5.92 Å². The summed E-state index contributed by atoms with van der Waals surface area (Å²) in [6.07, 6.45) is 3.57. The molecule has 0 aromatic heterocycles. The van der Waals surface area contributed by atoms with Gasteiger partial charge in [-0.25, -0.2) is 0 Å². The number of fused-ring (bicyclic) bond motifs is 1. The summed E-state index contributed by atoms with van der Waals surface area (Å²) in [6.45, 7) is 8.81. The number of likely N-dealkylation sites (tertiary alicyclic amines) is 1. The fourth-order valence-electron chi connectivity index (χ4n) is 3.75. The van der Waals surface area contributed by atoms with Gasteiger partial charge in [0.1, 0.15) is 11.9 Å². The quantitative estimate of drug-likeness (QED) is 0.325. The molecule has 0 amide bonds. The van der Waals surface area contributed by atoms with Gasteiger partial charge in [-0.3, -0.25) is 4.99 Å². The van der Waals surface area contributed by atoms with Crippen molar-refractivity contribution in [1.82, 2.24) is 15.5 Å². The molecule has 3 rings (SSSR count). The van der Waals surface area contributed by atoms with E-state index in [0.717, 1.165) is 64.0 Å². The van der Waals surface area contributed by atoms with Crippen molar-refractivity contribution in [2.75, 3.05) is 53.0 Å². The fourth-order valence-corrected chi connectivity index (χ4v) is 3.75. The number of benzene rings is 1. The van der Waals surface area contributed by atoms with Crippen molar-refractivity contribution in [1.29, 1.82) is 0 Å². The number of methoxy groups -OCH3 is 1. The first-order chi connectivity index (χ1) is 13.3. The molecule has 2 aliphatic heterocycles. The lowest BCUT2D eigenvalue weighted by molar-refractivity contribution is 0.121. The molecule has 0 spiro atoms. The highest BCUT2D eigenvalue weighted by Crippen LogP contribution is 2.27. The molecule has 6 nitrogen and oxygen atoms in total. The number of halogens is 1. The van der Waals surface area contributed by atoms with E-state index < -0.39 is 0 Å². The molecule has 1 fully saturated rings. The molecule has 2 heterocycles. The first-order valence-corrected chi connectivity index (χ1v) is 10.3. The molecule has 0 aliphatic carbocycles. The number of ether oxygens (including phenoxy) is 2. The molecule has 2 aliphatic rings. The van der Waals surface area contributed by atoms with E-state index in [1.54, 1.807) is 7.11 Å². The summed E-state index contributed by atoms with van der Waals surface area (Å²) in [5.74, 6) is 2.59. The summed E-state index contributed by atoms with van der Waals surface area (Å²) in [4.78, 5) is 7.32. The Morgan fingerprint density at radius 2 is 2.04 bits per heavy atom. The van der Waals surface area contributed by atoms with Gasteiger partial charge in [0.25, 0.3) is 0 Å². The monoisotopic (exact) mass is 502 g/mol. The Balaban J connectivity index is 0.00000280. The number of piperidine rings is 1. The van der Waals surface area contributed by atoms with Crippen LogP contribution in [0.2, 0.25) is 0 Å². The van der Waals surface area contributed by atoms with Gasteiger partial charge in [-0.15, -0.1) is 24.0 Å². The maximum atomic E-state index is 6.01. The number of hydrogen-bond acceptors (Lipinski definition) is 4. The van der Waals surface area contributed by atoms with E-state index in [4.69, 9.17) is 14.5 Å². The predicted octanol–water partition coefficient (Wildman–Crippen LogP) is 2.52. The zero-order chi connectivity index (χ0) is 18.9. The number of hydrogen-bond donors (Lipinski definition) is 2. The highest BCUT2D eigenvalue weighted by atomic mass is 127. The Morgan fingerprint density at radius 3 is 2.75 bits per heavy atom. The van der Waals surface area contributed by atoms with Crippen LogP contribution in [-0.4, -0.2) is 69.9 Å². The van der Waals surface area contributed by atoms with Gasteiger partial charge in [0.15, 0.2) is 5.96 Å². The third kappa shape index (κ3) is 7.08. The largest absolute Gasteiger partial charge is 0.488 e. The van der Waals surface area contributed by atoms with E-state index in [2.05, 4.69) is 34.6 Å². The van der Waals surface area contributed by atoms with Crippen LogP contribution in [0.15, 0.2) is 29.3 Å². The van der Waals surface area contributed by atoms with Crippen molar-refractivity contribution in [3.8, 4) is 5.75 Å². The molecular formula is C21H35IN4O2. The number of para-hydroxylation sites is 1. The average molecular weight is 502 g/mol. The van der Waals surface area contributed by atoms with Crippen molar-refractivity contribution in [2.24, 2.45) is 10.9 Å². The smallest absolute Gasteiger partial charge is 0.191 e. The van der Waals surface area contributed by atoms with E-state index >= 15 is 0 Å². The number of guanidine groups is 1. The maximum absolute atomic E-state index is 6.01. The van der Waals surface area contributed by atoms with Gasteiger partial charge in [0.2, 0.25) is 0 Å². The summed E-state index contributed by atoms with van der Waals surface area (Å²) >= 11 is 0. The second kappa shape index (κ2) is 12.5. The molecule has 0 saturated carbocycles. The van der Waals surface area contributed by atoms with Crippen LogP contribution in [0.1, 0.15) is 25.3 Å². The number of nitrogens with zero attached hydrogens (tertiary/aromatic N) is 2. The fraction of sp³-hybridized carbons (Fsp3) is 0.667. The van der Waals surface area contributed by atoms with Crippen LogP contribution in [0.5, 0.6) is 5.75 Å². The molecule has 0 bridgehead atoms. The molecule has 2 N–H and O–H groups in total.